The van der Waals surface area contributed by atoms with Crippen molar-refractivity contribution in [1.82, 2.24) is 15.2 Å². The quantitative estimate of drug-likeness (QED) is 0.702. The van der Waals surface area contributed by atoms with Crippen molar-refractivity contribution in [3.05, 3.63) is 54.2 Å². The van der Waals surface area contributed by atoms with E-state index >= 15 is 0 Å². The Labute approximate surface area is 109 Å². The van der Waals surface area contributed by atoms with E-state index < -0.39 is 0 Å². The van der Waals surface area contributed by atoms with Gasteiger partial charge in [0.05, 0.1) is 6.26 Å². The second-order valence-electron chi connectivity index (χ2n) is 3.98. The van der Waals surface area contributed by atoms with Crippen LogP contribution in [0.15, 0.2) is 47.1 Å². The molecule has 2 aromatic heterocycles. The first-order chi connectivity index (χ1) is 9.33. The molecule has 1 aromatic carbocycles. The number of aromatic nitrogens is 3. The first-order valence-electron chi connectivity index (χ1n) is 5.82. The fourth-order valence-electron chi connectivity index (χ4n) is 1.72. The van der Waals surface area contributed by atoms with Crippen LogP contribution in [0.3, 0.4) is 0 Å². The number of para-hydroxylation sites is 1. The third-order valence-corrected chi connectivity index (χ3v) is 2.65. The molecule has 94 valence electrons. The highest BCUT2D eigenvalue weighted by Crippen LogP contribution is 2.21. The van der Waals surface area contributed by atoms with E-state index in [0.717, 1.165) is 11.3 Å². The van der Waals surface area contributed by atoms with Gasteiger partial charge in [-0.05, 0) is 36.4 Å². The molecule has 0 unspecified atom stereocenters. The number of nitrogens with one attached hydrogen (secondary N) is 1. The highest BCUT2D eigenvalue weighted by atomic mass is 16.3. The number of hydrogen-bond donors (Lipinski definition) is 2. The van der Waals surface area contributed by atoms with Crippen LogP contribution in [-0.4, -0.2) is 15.2 Å². The second kappa shape index (κ2) is 4.81. The number of nitrogens with two attached hydrogens (primary N) is 1. The normalized spacial score (nSPS) is 11.2. The minimum Gasteiger partial charge on any atom is -0.465 e. The average molecular weight is 252 g/mol. The van der Waals surface area contributed by atoms with Gasteiger partial charge in [0.1, 0.15) is 11.6 Å². The number of anilines is 1. The van der Waals surface area contributed by atoms with Crippen molar-refractivity contribution < 1.29 is 4.42 Å². The molecule has 0 radical (unpaired) electrons. The molecule has 0 atom stereocenters. The molecule has 3 aromatic rings. The molecule has 0 bridgehead atoms. The molecule has 5 heteroatoms. The number of hydrogen-bond acceptors (Lipinski definition) is 4. The molecule has 0 spiro atoms. The smallest absolute Gasteiger partial charge is 0.183 e. The summed E-state index contributed by atoms with van der Waals surface area (Å²) in [5.41, 5.74) is 7.36. The molecule has 0 aliphatic carbocycles. The standard InChI is InChI=1S/C14H12N4O/c15-12-6-2-1-5-11(12)14-16-13(17-18-14)8-7-10-4-3-9-19-10/h1-9H,15H2,(H,16,17,18)/b8-7-. The van der Waals surface area contributed by atoms with Crippen LogP contribution in [0.25, 0.3) is 23.5 Å². The second-order valence-corrected chi connectivity index (χ2v) is 3.98. The number of furan rings is 1. The summed E-state index contributed by atoms with van der Waals surface area (Å²) in [5, 5.41) is 7.00. The Hall–Kier alpha value is -2.82. The zero-order valence-electron chi connectivity index (χ0n) is 10.1. The Kier molecular flexibility index (Phi) is 2.86. The molecule has 0 aliphatic rings. The summed E-state index contributed by atoms with van der Waals surface area (Å²) in [5.74, 6) is 1.99. The predicted molar refractivity (Wildman–Crippen MR) is 73.9 cm³/mol. The van der Waals surface area contributed by atoms with E-state index in [1.54, 1.807) is 12.3 Å². The van der Waals surface area contributed by atoms with Gasteiger partial charge in [0, 0.05) is 11.3 Å². The molecule has 0 amide bonds. The van der Waals surface area contributed by atoms with Gasteiger partial charge in [0.15, 0.2) is 5.82 Å². The van der Waals surface area contributed by atoms with Crippen molar-refractivity contribution in [2.24, 2.45) is 0 Å². The Morgan fingerprint density at radius 3 is 2.79 bits per heavy atom. The summed E-state index contributed by atoms with van der Waals surface area (Å²) >= 11 is 0. The van der Waals surface area contributed by atoms with E-state index in [2.05, 4.69) is 15.2 Å². The van der Waals surface area contributed by atoms with Crippen LogP contribution in [-0.2, 0) is 0 Å². The number of rotatable bonds is 3. The lowest BCUT2D eigenvalue weighted by molar-refractivity contribution is 0.557. The van der Waals surface area contributed by atoms with Gasteiger partial charge in [0.25, 0.3) is 0 Å². The number of aromatic amines is 1. The summed E-state index contributed by atoms with van der Waals surface area (Å²) < 4.78 is 5.20. The molecule has 0 fully saturated rings. The molecule has 0 saturated heterocycles. The maximum Gasteiger partial charge on any atom is 0.183 e. The molecule has 0 aliphatic heterocycles. The molecular formula is C14H12N4O. The van der Waals surface area contributed by atoms with Crippen molar-refractivity contribution in [3.63, 3.8) is 0 Å². The highest BCUT2D eigenvalue weighted by Gasteiger charge is 2.06. The van der Waals surface area contributed by atoms with Crippen molar-refractivity contribution in [2.75, 3.05) is 5.73 Å². The summed E-state index contributed by atoms with van der Waals surface area (Å²) in [6.07, 6.45) is 5.24. The van der Waals surface area contributed by atoms with Crippen LogP contribution in [0, 0.1) is 0 Å². The topological polar surface area (TPSA) is 80.7 Å². The van der Waals surface area contributed by atoms with E-state index in [9.17, 15) is 0 Å². The van der Waals surface area contributed by atoms with Crippen LogP contribution >= 0.6 is 0 Å². The maximum atomic E-state index is 5.89. The first-order valence-corrected chi connectivity index (χ1v) is 5.82. The number of benzene rings is 1. The molecule has 3 N–H and O–H groups in total. The lowest BCUT2D eigenvalue weighted by Gasteiger charge is -1.98. The monoisotopic (exact) mass is 252 g/mol. The SMILES string of the molecule is Nc1ccccc1-c1n[nH]c(/C=C\c2ccco2)n1. The van der Waals surface area contributed by atoms with Gasteiger partial charge in [-0.15, -0.1) is 0 Å². The molecule has 3 rings (SSSR count). The van der Waals surface area contributed by atoms with E-state index in [4.69, 9.17) is 10.2 Å². The van der Waals surface area contributed by atoms with Gasteiger partial charge in [0.2, 0.25) is 0 Å². The number of nitrogen functional groups attached to an aromatic ring is 1. The van der Waals surface area contributed by atoms with Crippen molar-refractivity contribution >= 4 is 17.8 Å². The zero-order valence-corrected chi connectivity index (χ0v) is 10.1. The predicted octanol–water partition coefficient (Wildman–Crippen LogP) is 2.82. The molecule has 2 heterocycles. The fourth-order valence-corrected chi connectivity index (χ4v) is 1.72. The largest absolute Gasteiger partial charge is 0.465 e. The van der Waals surface area contributed by atoms with Gasteiger partial charge in [-0.25, -0.2) is 4.98 Å². The van der Waals surface area contributed by atoms with Gasteiger partial charge in [-0.3, -0.25) is 5.10 Å². The Morgan fingerprint density at radius 1 is 1.11 bits per heavy atom. The van der Waals surface area contributed by atoms with Gasteiger partial charge in [-0.1, -0.05) is 12.1 Å². The van der Waals surface area contributed by atoms with Crippen LogP contribution in [0.5, 0.6) is 0 Å². The molecule has 0 saturated carbocycles. The summed E-state index contributed by atoms with van der Waals surface area (Å²) in [6.45, 7) is 0. The zero-order chi connectivity index (χ0) is 13.1. The summed E-state index contributed by atoms with van der Waals surface area (Å²) in [7, 11) is 0. The van der Waals surface area contributed by atoms with Crippen molar-refractivity contribution in [2.45, 2.75) is 0 Å². The fraction of sp³-hybridized carbons (Fsp3) is 0. The molecular weight excluding hydrogens is 240 g/mol. The molecule has 5 nitrogen and oxygen atoms in total. The minimum atomic E-state index is 0.581. The van der Waals surface area contributed by atoms with Crippen LogP contribution < -0.4 is 5.73 Å². The van der Waals surface area contributed by atoms with Crippen LogP contribution in [0.2, 0.25) is 0 Å². The van der Waals surface area contributed by atoms with Crippen LogP contribution in [0.1, 0.15) is 11.6 Å². The van der Waals surface area contributed by atoms with Crippen molar-refractivity contribution in [3.8, 4) is 11.4 Å². The minimum absolute atomic E-state index is 0.581. The van der Waals surface area contributed by atoms with Crippen LogP contribution in [0.4, 0.5) is 5.69 Å². The van der Waals surface area contributed by atoms with Gasteiger partial charge < -0.3 is 10.2 Å². The third kappa shape index (κ3) is 2.40. The Morgan fingerprint density at radius 2 is 2.00 bits per heavy atom. The molecule has 19 heavy (non-hydrogen) atoms. The van der Waals surface area contributed by atoms with E-state index in [-0.39, 0.29) is 0 Å². The van der Waals surface area contributed by atoms with E-state index in [0.29, 0.717) is 17.3 Å². The number of H-pyrrole nitrogens is 1. The lowest BCUT2D eigenvalue weighted by Crippen LogP contribution is -1.90. The lowest BCUT2D eigenvalue weighted by atomic mass is 10.2. The first kappa shape index (κ1) is 11.3. The maximum absolute atomic E-state index is 5.89. The summed E-state index contributed by atoms with van der Waals surface area (Å²) in [6, 6.07) is 11.2. The highest BCUT2D eigenvalue weighted by molar-refractivity contribution is 5.72. The van der Waals surface area contributed by atoms with Gasteiger partial charge >= 0.3 is 0 Å². The van der Waals surface area contributed by atoms with E-state index in [1.165, 1.54) is 0 Å². The van der Waals surface area contributed by atoms with E-state index in [1.807, 2.05) is 42.5 Å². The van der Waals surface area contributed by atoms with Gasteiger partial charge in [-0.2, -0.15) is 5.10 Å². The number of nitrogens with zero attached hydrogens (tertiary/aromatic N) is 2. The Bertz CT molecular complexity index is 698. The Balaban J connectivity index is 1.86. The average Bonchev–Trinajstić information content (AvgIpc) is 3.08. The summed E-state index contributed by atoms with van der Waals surface area (Å²) in [4.78, 5) is 4.37. The van der Waals surface area contributed by atoms with Crippen molar-refractivity contribution in [1.29, 1.82) is 0 Å². The third-order valence-electron chi connectivity index (χ3n) is 2.65.